The van der Waals surface area contributed by atoms with Crippen molar-refractivity contribution in [2.75, 3.05) is 6.54 Å². The van der Waals surface area contributed by atoms with Gasteiger partial charge in [0.25, 0.3) is 0 Å². The SMILES string of the molecule is CC(C)(C)C(=O)NCC(=O)NCc1cccc(CO)c1. The summed E-state index contributed by atoms with van der Waals surface area (Å²) in [6, 6.07) is 7.34. The van der Waals surface area contributed by atoms with Crippen molar-refractivity contribution in [3.8, 4) is 0 Å². The van der Waals surface area contributed by atoms with E-state index in [1.807, 2.05) is 24.3 Å². The second-order valence-electron chi connectivity index (χ2n) is 5.69. The van der Waals surface area contributed by atoms with Gasteiger partial charge in [-0.25, -0.2) is 0 Å². The summed E-state index contributed by atoms with van der Waals surface area (Å²) in [6.45, 7) is 5.69. The Morgan fingerprint density at radius 2 is 1.80 bits per heavy atom. The van der Waals surface area contributed by atoms with E-state index in [1.165, 1.54) is 0 Å². The van der Waals surface area contributed by atoms with Crippen LogP contribution in [0.15, 0.2) is 24.3 Å². The second-order valence-corrected chi connectivity index (χ2v) is 5.69. The third-order valence-corrected chi connectivity index (χ3v) is 2.75. The van der Waals surface area contributed by atoms with Crippen LogP contribution in [0.4, 0.5) is 0 Å². The lowest BCUT2D eigenvalue weighted by Crippen LogP contribution is -2.41. The molecule has 0 bridgehead atoms. The fraction of sp³-hybridized carbons (Fsp3) is 0.467. The molecule has 0 aliphatic rings. The van der Waals surface area contributed by atoms with Gasteiger partial charge in [0.1, 0.15) is 0 Å². The molecule has 5 heteroatoms. The molecule has 0 fully saturated rings. The van der Waals surface area contributed by atoms with Crippen molar-refractivity contribution in [2.24, 2.45) is 5.41 Å². The monoisotopic (exact) mass is 278 g/mol. The zero-order chi connectivity index (χ0) is 15.2. The summed E-state index contributed by atoms with van der Waals surface area (Å²) >= 11 is 0. The lowest BCUT2D eigenvalue weighted by atomic mass is 9.96. The molecular formula is C15H22N2O3. The van der Waals surface area contributed by atoms with Gasteiger partial charge in [-0.1, -0.05) is 45.0 Å². The van der Waals surface area contributed by atoms with Crippen LogP contribution in [0.3, 0.4) is 0 Å². The van der Waals surface area contributed by atoms with E-state index in [-0.39, 0.29) is 25.0 Å². The molecule has 0 unspecified atom stereocenters. The van der Waals surface area contributed by atoms with Gasteiger partial charge in [0.2, 0.25) is 11.8 Å². The number of hydrogen-bond acceptors (Lipinski definition) is 3. The Kier molecular flexibility index (Phi) is 5.70. The number of amides is 2. The molecule has 0 spiro atoms. The van der Waals surface area contributed by atoms with Gasteiger partial charge in [0, 0.05) is 12.0 Å². The number of carbonyl (C=O) groups excluding carboxylic acids is 2. The number of rotatable bonds is 5. The Hall–Kier alpha value is -1.88. The average molecular weight is 278 g/mol. The van der Waals surface area contributed by atoms with Gasteiger partial charge >= 0.3 is 0 Å². The highest BCUT2D eigenvalue weighted by molar-refractivity contribution is 5.87. The van der Waals surface area contributed by atoms with Crippen molar-refractivity contribution in [3.05, 3.63) is 35.4 Å². The molecule has 1 rings (SSSR count). The summed E-state index contributed by atoms with van der Waals surface area (Å²) in [5, 5.41) is 14.3. The van der Waals surface area contributed by atoms with E-state index in [9.17, 15) is 9.59 Å². The maximum atomic E-state index is 11.6. The number of hydrogen-bond donors (Lipinski definition) is 3. The summed E-state index contributed by atoms with van der Waals surface area (Å²) in [7, 11) is 0. The van der Waals surface area contributed by atoms with Crippen molar-refractivity contribution in [3.63, 3.8) is 0 Å². The van der Waals surface area contributed by atoms with E-state index in [2.05, 4.69) is 10.6 Å². The van der Waals surface area contributed by atoms with Crippen LogP contribution in [-0.2, 0) is 22.7 Å². The first kappa shape index (κ1) is 16.2. The minimum atomic E-state index is -0.504. The Morgan fingerprint density at radius 1 is 1.15 bits per heavy atom. The smallest absolute Gasteiger partial charge is 0.239 e. The zero-order valence-corrected chi connectivity index (χ0v) is 12.2. The molecule has 110 valence electrons. The summed E-state index contributed by atoms with van der Waals surface area (Å²) in [5.41, 5.74) is 1.21. The molecule has 0 aromatic heterocycles. The van der Waals surface area contributed by atoms with E-state index in [0.29, 0.717) is 6.54 Å². The van der Waals surface area contributed by atoms with Gasteiger partial charge in [0.05, 0.1) is 13.2 Å². The molecule has 0 aliphatic heterocycles. The third-order valence-electron chi connectivity index (χ3n) is 2.75. The fourth-order valence-corrected chi connectivity index (χ4v) is 1.53. The summed E-state index contributed by atoms with van der Waals surface area (Å²) in [6.07, 6.45) is 0. The highest BCUT2D eigenvalue weighted by atomic mass is 16.3. The molecule has 1 aromatic carbocycles. The number of carbonyl (C=O) groups is 2. The number of benzene rings is 1. The first-order valence-electron chi connectivity index (χ1n) is 6.56. The zero-order valence-electron chi connectivity index (χ0n) is 12.2. The number of aliphatic hydroxyl groups is 1. The molecule has 3 N–H and O–H groups in total. The van der Waals surface area contributed by atoms with Crippen molar-refractivity contribution >= 4 is 11.8 Å². The van der Waals surface area contributed by atoms with Gasteiger partial charge in [-0.2, -0.15) is 0 Å². The quantitative estimate of drug-likeness (QED) is 0.750. The molecule has 0 saturated heterocycles. The molecular weight excluding hydrogens is 256 g/mol. The maximum Gasteiger partial charge on any atom is 0.239 e. The lowest BCUT2D eigenvalue weighted by molar-refractivity contribution is -0.131. The van der Waals surface area contributed by atoms with E-state index in [4.69, 9.17) is 5.11 Å². The minimum absolute atomic E-state index is 0.0244. The maximum absolute atomic E-state index is 11.6. The van der Waals surface area contributed by atoms with Crippen molar-refractivity contribution < 1.29 is 14.7 Å². The predicted octanol–water partition coefficient (Wildman–Crippen LogP) is 0.957. The number of aliphatic hydroxyl groups excluding tert-OH is 1. The molecule has 2 amide bonds. The summed E-state index contributed by atoms with van der Waals surface area (Å²) in [4.78, 5) is 23.2. The average Bonchev–Trinajstić information content (AvgIpc) is 2.41. The van der Waals surface area contributed by atoms with Crippen LogP contribution < -0.4 is 10.6 Å². The van der Waals surface area contributed by atoms with E-state index >= 15 is 0 Å². The van der Waals surface area contributed by atoms with Crippen molar-refractivity contribution in [1.29, 1.82) is 0 Å². The highest BCUT2D eigenvalue weighted by Crippen LogP contribution is 2.11. The summed E-state index contributed by atoms with van der Waals surface area (Å²) in [5.74, 6) is -0.396. The predicted molar refractivity (Wildman–Crippen MR) is 76.7 cm³/mol. The van der Waals surface area contributed by atoms with Crippen LogP contribution in [0.1, 0.15) is 31.9 Å². The van der Waals surface area contributed by atoms with Crippen LogP contribution in [-0.4, -0.2) is 23.5 Å². The molecule has 20 heavy (non-hydrogen) atoms. The standard InChI is InChI=1S/C15H22N2O3/c1-15(2,3)14(20)17-9-13(19)16-8-11-5-4-6-12(7-11)10-18/h4-7,18H,8-10H2,1-3H3,(H,16,19)(H,17,20). The van der Waals surface area contributed by atoms with Crippen LogP contribution in [0.5, 0.6) is 0 Å². The molecule has 1 aromatic rings. The highest BCUT2D eigenvalue weighted by Gasteiger charge is 2.21. The van der Waals surface area contributed by atoms with Gasteiger partial charge in [0.15, 0.2) is 0 Å². The van der Waals surface area contributed by atoms with Crippen molar-refractivity contribution in [1.82, 2.24) is 10.6 Å². The normalized spacial score (nSPS) is 11.0. The van der Waals surface area contributed by atoms with Crippen molar-refractivity contribution in [2.45, 2.75) is 33.9 Å². The topological polar surface area (TPSA) is 78.4 Å². The number of nitrogens with one attached hydrogen (secondary N) is 2. The van der Waals surface area contributed by atoms with Crippen LogP contribution >= 0.6 is 0 Å². The molecule has 0 radical (unpaired) electrons. The molecule has 5 nitrogen and oxygen atoms in total. The van der Waals surface area contributed by atoms with Crippen LogP contribution in [0, 0.1) is 5.41 Å². The Balaban J connectivity index is 2.38. The minimum Gasteiger partial charge on any atom is -0.392 e. The van der Waals surface area contributed by atoms with Gasteiger partial charge in [-0.05, 0) is 11.1 Å². The Bertz CT molecular complexity index is 478. The fourth-order valence-electron chi connectivity index (χ4n) is 1.53. The van der Waals surface area contributed by atoms with Gasteiger partial charge in [-0.3, -0.25) is 9.59 Å². The second kappa shape index (κ2) is 7.05. The van der Waals surface area contributed by atoms with Crippen LogP contribution in [0.25, 0.3) is 0 Å². The molecule has 0 heterocycles. The third kappa shape index (κ3) is 5.40. The van der Waals surface area contributed by atoms with E-state index in [0.717, 1.165) is 11.1 Å². The largest absolute Gasteiger partial charge is 0.392 e. The lowest BCUT2D eigenvalue weighted by Gasteiger charge is -2.17. The Labute approximate surface area is 119 Å². The van der Waals surface area contributed by atoms with E-state index < -0.39 is 5.41 Å². The molecule has 0 aliphatic carbocycles. The first-order valence-corrected chi connectivity index (χ1v) is 6.56. The van der Waals surface area contributed by atoms with Crippen LogP contribution in [0.2, 0.25) is 0 Å². The molecule has 0 saturated carbocycles. The first-order chi connectivity index (χ1) is 9.32. The van der Waals surface area contributed by atoms with Gasteiger partial charge < -0.3 is 15.7 Å². The van der Waals surface area contributed by atoms with E-state index in [1.54, 1.807) is 20.8 Å². The van der Waals surface area contributed by atoms with Gasteiger partial charge in [-0.15, -0.1) is 0 Å². The molecule has 0 atom stereocenters. The summed E-state index contributed by atoms with van der Waals surface area (Å²) < 4.78 is 0. The Morgan fingerprint density at radius 3 is 2.40 bits per heavy atom.